The van der Waals surface area contributed by atoms with Crippen molar-refractivity contribution in [1.82, 2.24) is 0 Å². The molecule has 0 spiro atoms. The van der Waals surface area contributed by atoms with E-state index < -0.39 is 0 Å². The van der Waals surface area contributed by atoms with E-state index in [4.69, 9.17) is 0 Å². The fourth-order valence-electron chi connectivity index (χ4n) is 4.01. The normalized spacial score (nSPS) is 53.2. The van der Waals surface area contributed by atoms with Gasteiger partial charge in [-0.05, 0) is 24.2 Å². The first kappa shape index (κ1) is 7.72. The van der Waals surface area contributed by atoms with Crippen molar-refractivity contribution in [3.8, 4) is 0 Å². The maximum Gasteiger partial charge on any atom is 0.137 e. The van der Waals surface area contributed by atoms with Crippen LogP contribution in [0.5, 0.6) is 0 Å². The Kier molecular flexibility index (Phi) is 1.21. The molecular weight excluding hydrogens is 164 g/mol. The van der Waals surface area contributed by atoms with Gasteiger partial charge in [0.1, 0.15) is 11.6 Å². The number of carbonyl (C=O) groups excluding carboxylic acids is 2. The zero-order valence-electron chi connectivity index (χ0n) is 7.88. The molecule has 0 heterocycles. The molecule has 3 rings (SSSR count). The van der Waals surface area contributed by atoms with Gasteiger partial charge in [-0.3, -0.25) is 9.59 Å². The highest BCUT2D eigenvalue weighted by Gasteiger charge is 2.67. The smallest absolute Gasteiger partial charge is 0.137 e. The maximum atomic E-state index is 11.6. The van der Waals surface area contributed by atoms with Crippen LogP contribution >= 0.6 is 0 Å². The van der Waals surface area contributed by atoms with E-state index in [0.717, 1.165) is 25.7 Å². The van der Waals surface area contributed by atoms with E-state index in [2.05, 4.69) is 6.92 Å². The minimum Gasteiger partial charge on any atom is -0.299 e. The molecule has 4 unspecified atom stereocenters. The predicted molar refractivity (Wildman–Crippen MR) is 47.1 cm³/mol. The van der Waals surface area contributed by atoms with Gasteiger partial charge >= 0.3 is 0 Å². The molecule has 70 valence electrons. The number of Topliss-reactive ketones (excluding diaryl/α,β-unsaturated/α-hetero) is 2. The first-order valence-electron chi connectivity index (χ1n) is 5.20. The molecule has 0 aliphatic heterocycles. The Balaban J connectivity index is 2.04. The van der Waals surface area contributed by atoms with Gasteiger partial charge in [-0.2, -0.15) is 0 Å². The predicted octanol–water partition coefficient (Wildman–Crippen LogP) is 1.58. The molecule has 4 atom stereocenters. The van der Waals surface area contributed by atoms with Gasteiger partial charge in [0.2, 0.25) is 0 Å². The molecule has 13 heavy (non-hydrogen) atoms. The van der Waals surface area contributed by atoms with E-state index in [1.54, 1.807) is 0 Å². The molecule has 0 aromatic rings. The van der Waals surface area contributed by atoms with Gasteiger partial charge < -0.3 is 0 Å². The summed E-state index contributed by atoms with van der Waals surface area (Å²) in [5.74, 6) is 1.54. The van der Waals surface area contributed by atoms with Crippen LogP contribution in [0.4, 0.5) is 0 Å². The van der Waals surface area contributed by atoms with Crippen LogP contribution in [0.2, 0.25) is 0 Å². The monoisotopic (exact) mass is 178 g/mol. The van der Waals surface area contributed by atoms with Gasteiger partial charge in [-0.25, -0.2) is 0 Å². The summed E-state index contributed by atoms with van der Waals surface area (Å²) in [7, 11) is 0. The van der Waals surface area contributed by atoms with Crippen molar-refractivity contribution in [3.63, 3.8) is 0 Å². The van der Waals surface area contributed by atoms with Crippen molar-refractivity contribution >= 4 is 11.6 Å². The molecule has 3 aliphatic carbocycles. The quantitative estimate of drug-likeness (QED) is 0.564. The lowest BCUT2D eigenvalue weighted by Crippen LogP contribution is -2.66. The first-order chi connectivity index (χ1) is 6.14. The van der Waals surface area contributed by atoms with E-state index in [9.17, 15) is 9.59 Å². The van der Waals surface area contributed by atoms with Gasteiger partial charge in [-0.15, -0.1) is 0 Å². The highest BCUT2D eigenvalue weighted by molar-refractivity contribution is 5.96. The first-order valence-corrected chi connectivity index (χ1v) is 5.20. The number of fused-ring (bicyclic) bond motifs is 1. The van der Waals surface area contributed by atoms with Crippen LogP contribution in [-0.4, -0.2) is 11.6 Å². The topological polar surface area (TPSA) is 34.1 Å². The van der Waals surface area contributed by atoms with Crippen LogP contribution in [0.15, 0.2) is 0 Å². The molecular formula is C11H14O2. The van der Waals surface area contributed by atoms with Crippen molar-refractivity contribution in [1.29, 1.82) is 0 Å². The van der Waals surface area contributed by atoms with Gasteiger partial charge in [0, 0.05) is 24.7 Å². The third kappa shape index (κ3) is 0.673. The summed E-state index contributed by atoms with van der Waals surface area (Å²) in [6, 6.07) is 0. The molecule has 3 saturated carbocycles. The van der Waals surface area contributed by atoms with E-state index in [1.165, 1.54) is 0 Å². The van der Waals surface area contributed by atoms with Gasteiger partial charge in [0.05, 0.1) is 0 Å². The van der Waals surface area contributed by atoms with Crippen LogP contribution in [0, 0.1) is 23.2 Å². The average molecular weight is 178 g/mol. The van der Waals surface area contributed by atoms with E-state index in [-0.39, 0.29) is 17.3 Å². The molecule has 3 aliphatic rings. The highest BCUT2D eigenvalue weighted by atomic mass is 16.1. The van der Waals surface area contributed by atoms with Crippen LogP contribution in [0.1, 0.15) is 32.6 Å². The zero-order valence-corrected chi connectivity index (χ0v) is 7.88. The summed E-state index contributed by atoms with van der Waals surface area (Å²) in [4.78, 5) is 23.2. The molecule has 0 N–H and O–H groups in total. The van der Waals surface area contributed by atoms with Crippen molar-refractivity contribution < 1.29 is 9.59 Å². The number of ketones is 2. The Bertz CT molecular complexity index is 307. The van der Waals surface area contributed by atoms with E-state index in [1.807, 2.05) is 0 Å². The van der Waals surface area contributed by atoms with Crippen LogP contribution in [-0.2, 0) is 9.59 Å². The Hall–Kier alpha value is -0.660. The second-order valence-electron chi connectivity index (χ2n) is 5.09. The number of hydrogen-bond acceptors (Lipinski definition) is 2. The van der Waals surface area contributed by atoms with Crippen molar-refractivity contribution in [3.05, 3.63) is 0 Å². The third-order valence-electron chi connectivity index (χ3n) is 4.68. The second-order valence-corrected chi connectivity index (χ2v) is 5.09. The van der Waals surface area contributed by atoms with Crippen LogP contribution in [0.25, 0.3) is 0 Å². The molecule has 4 bridgehead atoms. The maximum absolute atomic E-state index is 11.6. The average Bonchev–Trinajstić information content (AvgIpc) is 2.10. The van der Waals surface area contributed by atoms with Crippen molar-refractivity contribution in [2.24, 2.45) is 23.2 Å². The Morgan fingerprint density at radius 2 is 2.00 bits per heavy atom. The lowest BCUT2D eigenvalue weighted by Gasteiger charge is -2.65. The summed E-state index contributed by atoms with van der Waals surface area (Å²) in [5.41, 5.74) is 0.216. The zero-order chi connectivity index (χ0) is 9.22. The molecule has 3 fully saturated rings. The van der Waals surface area contributed by atoms with Crippen LogP contribution in [0.3, 0.4) is 0 Å². The third-order valence-corrected chi connectivity index (χ3v) is 4.68. The van der Waals surface area contributed by atoms with Gasteiger partial charge in [0.15, 0.2) is 0 Å². The molecule has 0 aromatic carbocycles. The van der Waals surface area contributed by atoms with E-state index >= 15 is 0 Å². The van der Waals surface area contributed by atoms with Crippen molar-refractivity contribution in [2.75, 3.05) is 0 Å². The molecule has 0 saturated heterocycles. The summed E-state index contributed by atoms with van der Waals surface area (Å²) in [6.07, 6.45) is 3.39. The number of rotatable bonds is 0. The van der Waals surface area contributed by atoms with Gasteiger partial charge in [-0.1, -0.05) is 6.92 Å². The highest BCUT2D eigenvalue weighted by Crippen LogP contribution is 2.67. The SMILES string of the molecule is CC12CCC(=O)C3C1CCC(=O)C32. The standard InChI is InChI=1S/C11H14O2/c1-11-5-4-7(12)9-6(11)2-3-8(13)10(9)11/h6,9-10H,2-5H2,1H3. The molecule has 2 heteroatoms. The largest absolute Gasteiger partial charge is 0.299 e. The summed E-state index contributed by atoms with van der Waals surface area (Å²) in [6.45, 7) is 2.21. The fraction of sp³-hybridized carbons (Fsp3) is 0.818. The lowest BCUT2D eigenvalue weighted by molar-refractivity contribution is -0.193. The van der Waals surface area contributed by atoms with E-state index in [0.29, 0.717) is 17.5 Å². The Labute approximate surface area is 77.7 Å². The number of hydrogen-bond donors (Lipinski definition) is 0. The minimum atomic E-state index is 0.118. The molecule has 0 radical (unpaired) electrons. The summed E-state index contributed by atoms with van der Waals surface area (Å²) < 4.78 is 0. The lowest BCUT2D eigenvalue weighted by atomic mass is 9.37. The number of carbonyl (C=O) groups is 2. The molecule has 0 aromatic heterocycles. The summed E-state index contributed by atoms with van der Waals surface area (Å²) >= 11 is 0. The second kappa shape index (κ2) is 2.05. The Morgan fingerprint density at radius 3 is 2.62 bits per heavy atom. The van der Waals surface area contributed by atoms with Crippen molar-refractivity contribution in [2.45, 2.75) is 32.6 Å². The van der Waals surface area contributed by atoms with Gasteiger partial charge in [0.25, 0.3) is 0 Å². The summed E-state index contributed by atoms with van der Waals surface area (Å²) in [5, 5.41) is 0. The Morgan fingerprint density at radius 1 is 1.23 bits per heavy atom. The fourth-order valence-corrected chi connectivity index (χ4v) is 4.01. The molecule has 2 nitrogen and oxygen atoms in total. The minimum absolute atomic E-state index is 0.118. The molecule has 0 amide bonds. The van der Waals surface area contributed by atoms with Crippen LogP contribution < -0.4 is 0 Å².